The van der Waals surface area contributed by atoms with Crippen LogP contribution in [0, 0.1) is 0 Å². The van der Waals surface area contributed by atoms with Crippen molar-refractivity contribution in [1.82, 2.24) is 20.4 Å². The molecule has 2 aromatic rings. The van der Waals surface area contributed by atoms with Gasteiger partial charge in [-0.1, -0.05) is 55.0 Å². The molecule has 0 aliphatic carbocycles. The van der Waals surface area contributed by atoms with E-state index in [0.29, 0.717) is 6.54 Å². The van der Waals surface area contributed by atoms with Crippen LogP contribution < -0.4 is 5.32 Å². The number of amides is 1. The van der Waals surface area contributed by atoms with E-state index in [9.17, 15) is 4.79 Å². The zero-order valence-corrected chi connectivity index (χ0v) is 14.9. The highest BCUT2D eigenvalue weighted by Crippen LogP contribution is 2.20. The summed E-state index contributed by atoms with van der Waals surface area (Å²) in [5, 5.41) is 13.2. The molecule has 1 aliphatic heterocycles. The van der Waals surface area contributed by atoms with Gasteiger partial charge in [0.1, 0.15) is 10.0 Å². The first-order valence-electron chi connectivity index (χ1n) is 8.63. The SMILES string of the molecule is CCc1nnc(CNC(=O)C2CCCCN2Cc2ccccc2)s1. The van der Waals surface area contributed by atoms with E-state index in [-0.39, 0.29) is 11.9 Å². The summed E-state index contributed by atoms with van der Waals surface area (Å²) in [6, 6.07) is 10.3. The predicted molar refractivity (Wildman–Crippen MR) is 95.6 cm³/mol. The normalized spacial score (nSPS) is 18.5. The second-order valence-electron chi connectivity index (χ2n) is 6.13. The third kappa shape index (κ3) is 4.39. The number of carbonyl (C=O) groups excluding carboxylic acids is 1. The van der Waals surface area contributed by atoms with Gasteiger partial charge in [-0.2, -0.15) is 0 Å². The van der Waals surface area contributed by atoms with E-state index < -0.39 is 0 Å². The molecule has 2 heterocycles. The van der Waals surface area contributed by atoms with Crippen molar-refractivity contribution >= 4 is 17.2 Å². The molecule has 1 saturated heterocycles. The van der Waals surface area contributed by atoms with Crippen molar-refractivity contribution in [1.29, 1.82) is 0 Å². The van der Waals surface area contributed by atoms with Crippen LogP contribution in [0.1, 0.15) is 41.8 Å². The Bertz CT molecular complexity index is 658. The Morgan fingerprint density at radius 1 is 1.25 bits per heavy atom. The summed E-state index contributed by atoms with van der Waals surface area (Å²) in [4.78, 5) is 14.9. The highest BCUT2D eigenvalue weighted by Gasteiger charge is 2.28. The van der Waals surface area contributed by atoms with Gasteiger partial charge in [-0.15, -0.1) is 10.2 Å². The molecule has 1 amide bonds. The first-order chi connectivity index (χ1) is 11.8. The predicted octanol–water partition coefficient (Wildman–Crippen LogP) is 2.77. The number of hydrogen-bond donors (Lipinski definition) is 1. The van der Waals surface area contributed by atoms with Crippen molar-refractivity contribution in [2.75, 3.05) is 6.54 Å². The number of nitrogens with zero attached hydrogens (tertiary/aromatic N) is 3. The van der Waals surface area contributed by atoms with Crippen LogP contribution in [-0.2, 0) is 24.3 Å². The molecule has 0 saturated carbocycles. The van der Waals surface area contributed by atoms with Crippen LogP contribution in [0.2, 0.25) is 0 Å². The Morgan fingerprint density at radius 2 is 2.04 bits per heavy atom. The van der Waals surface area contributed by atoms with Crippen molar-refractivity contribution in [3.63, 3.8) is 0 Å². The summed E-state index contributed by atoms with van der Waals surface area (Å²) in [5.41, 5.74) is 1.26. The minimum atomic E-state index is -0.0440. The van der Waals surface area contributed by atoms with Crippen molar-refractivity contribution in [3.05, 3.63) is 45.9 Å². The Morgan fingerprint density at radius 3 is 2.79 bits per heavy atom. The molecular formula is C18H24N4OS. The van der Waals surface area contributed by atoms with Gasteiger partial charge in [0, 0.05) is 6.54 Å². The number of rotatable bonds is 6. The Kier molecular flexibility index (Phi) is 5.93. The van der Waals surface area contributed by atoms with E-state index >= 15 is 0 Å². The van der Waals surface area contributed by atoms with Crippen molar-refractivity contribution in [3.8, 4) is 0 Å². The first kappa shape index (κ1) is 17.0. The monoisotopic (exact) mass is 344 g/mol. The van der Waals surface area contributed by atoms with Crippen LogP contribution in [0.4, 0.5) is 0 Å². The molecule has 0 bridgehead atoms. The summed E-state index contributed by atoms with van der Waals surface area (Å²) in [7, 11) is 0. The summed E-state index contributed by atoms with van der Waals surface area (Å²) in [6.07, 6.45) is 4.09. The number of likely N-dealkylation sites (tertiary alicyclic amines) is 1. The topological polar surface area (TPSA) is 58.1 Å². The fraction of sp³-hybridized carbons (Fsp3) is 0.500. The zero-order valence-electron chi connectivity index (χ0n) is 14.1. The second kappa shape index (κ2) is 8.35. The van der Waals surface area contributed by atoms with E-state index in [0.717, 1.165) is 48.8 Å². The van der Waals surface area contributed by atoms with E-state index in [1.54, 1.807) is 11.3 Å². The van der Waals surface area contributed by atoms with Crippen LogP contribution in [0.25, 0.3) is 0 Å². The number of aromatic nitrogens is 2. The lowest BCUT2D eigenvalue weighted by Crippen LogP contribution is -2.48. The minimum absolute atomic E-state index is 0.0440. The van der Waals surface area contributed by atoms with Gasteiger partial charge in [0.25, 0.3) is 0 Å². The molecular weight excluding hydrogens is 320 g/mol. The largest absolute Gasteiger partial charge is 0.348 e. The molecule has 0 spiro atoms. The molecule has 1 atom stereocenters. The standard InChI is InChI=1S/C18H24N4OS/c1-2-16-20-21-17(24-16)12-19-18(23)15-10-6-7-11-22(15)13-14-8-4-3-5-9-14/h3-5,8-9,15H,2,6-7,10-13H2,1H3,(H,19,23). The molecule has 5 nitrogen and oxygen atoms in total. The molecule has 1 aromatic carbocycles. The van der Waals surface area contributed by atoms with E-state index in [4.69, 9.17) is 0 Å². The second-order valence-corrected chi connectivity index (χ2v) is 7.28. The van der Waals surface area contributed by atoms with Gasteiger partial charge in [0.15, 0.2) is 0 Å². The average molecular weight is 344 g/mol. The molecule has 1 aromatic heterocycles. The maximum Gasteiger partial charge on any atom is 0.237 e. The number of nitrogens with one attached hydrogen (secondary N) is 1. The summed E-state index contributed by atoms with van der Waals surface area (Å²) >= 11 is 1.57. The van der Waals surface area contributed by atoms with Crippen LogP contribution in [0.3, 0.4) is 0 Å². The summed E-state index contributed by atoms with van der Waals surface area (Å²) in [6.45, 7) is 4.35. The molecule has 1 N–H and O–H groups in total. The minimum Gasteiger partial charge on any atom is -0.348 e. The number of aryl methyl sites for hydroxylation is 1. The maximum atomic E-state index is 12.7. The highest BCUT2D eigenvalue weighted by atomic mass is 32.1. The van der Waals surface area contributed by atoms with Crippen molar-refractivity contribution in [2.24, 2.45) is 0 Å². The van der Waals surface area contributed by atoms with Gasteiger partial charge in [-0.05, 0) is 31.4 Å². The van der Waals surface area contributed by atoms with Gasteiger partial charge in [0.05, 0.1) is 12.6 Å². The number of carbonyl (C=O) groups is 1. The van der Waals surface area contributed by atoms with Crippen LogP contribution >= 0.6 is 11.3 Å². The van der Waals surface area contributed by atoms with E-state index in [2.05, 4.69) is 51.6 Å². The molecule has 1 fully saturated rings. The van der Waals surface area contributed by atoms with Crippen LogP contribution in [0.5, 0.6) is 0 Å². The first-order valence-corrected chi connectivity index (χ1v) is 9.45. The van der Waals surface area contributed by atoms with E-state index in [1.165, 1.54) is 5.56 Å². The maximum absolute atomic E-state index is 12.7. The third-order valence-corrected chi connectivity index (χ3v) is 5.44. The number of piperidine rings is 1. The Hall–Kier alpha value is -1.79. The van der Waals surface area contributed by atoms with Crippen molar-refractivity contribution in [2.45, 2.75) is 51.7 Å². The third-order valence-electron chi connectivity index (χ3n) is 4.37. The quantitative estimate of drug-likeness (QED) is 0.875. The Labute approximate surface area is 147 Å². The van der Waals surface area contributed by atoms with E-state index in [1.807, 2.05) is 6.07 Å². The van der Waals surface area contributed by atoms with Crippen molar-refractivity contribution < 1.29 is 4.79 Å². The fourth-order valence-electron chi connectivity index (χ4n) is 3.08. The zero-order chi connectivity index (χ0) is 16.8. The molecule has 128 valence electrons. The number of hydrogen-bond acceptors (Lipinski definition) is 5. The van der Waals surface area contributed by atoms with Crippen LogP contribution in [-0.4, -0.2) is 33.6 Å². The molecule has 6 heteroatoms. The van der Waals surface area contributed by atoms with Gasteiger partial charge in [-0.3, -0.25) is 9.69 Å². The average Bonchev–Trinajstić information content (AvgIpc) is 3.09. The highest BCUT2D eigenvalue weighted by molar-refractivity contribution is 7.11. The molecule has 3 rings (SSSR count). The fourth-order valence-corrected chi connectivity index (χ4v) is 3.80. The van der Waals surface area contributed by atoms with Gasteiger partial charge in [-0.25, -0.2) is 0 Å². The van der Waals surface area contributed by atoms with Gasteiger partial charge < -0.3 is 5.32 Å². The number of benzene rings is 1. The molecule has 1 aliphatic rings. The lowest BCUT2D eigenvalue weighted by molar-refractivity contribution is -0.128. The summed E-state index contributed by atoms with van der Waals surface area (Å²) < 4.78 is 0. The lowest BCUT2D eigenvalue weighted by atomic mass is 10.0. The van der Waals surface area contributed by atoms with Crippen LogP contribution in [0.15, 0.2) is 30.3 Å². The summed E-state index contributed by atoms with van der Waals surface area (Å²) in [5.74, 6) is 0.110. The smallest absolute Gasteiger partial charge is 0.237 e. The lowest BCUT2D eigenvalue weighted by Gasteiger charge is -2.34. The molecule has 0 radical (unpaired) electrons. The molecule has 24 heavy (non-hydrogen) atoms. The molecule has 1 unspecified atom stereocenters. The van der Waals surface area contributed by atoms with Gasteiger partial charge in [0.2, 0.25) is 5.91 Å². The van der Waals surface area contributed by atoms with Gasteiger partial charge >= 0.3 is 0 Å². The Balaban J connectivity index is 1.58.